The summed E-state index contributed by atoms with van der Waals surface area (Å²) in [6.07, 6.45) is 4.26. The first kappa shape index (κ1) is 26.8. The van der Waals surface area contributed by atoms with E-state index >= 15 is 0 Å². The Morgan fingerprint density at radius 2 is 1.57 bits per heavy atom. The summed E-state index contributed by atoms with van der Waals surface area (Å²) < 4.78 is 8.91. The van der Waals surface area contributed by atoms with Crippen LogP contribution in [-0.2, 0) is 5.41 Å². The topological polar surface area (TPSA) is 33.5 Å². The third-order valence-electron chi connectivity index (χ3n) is 9.86. The van der Waals surface area contributed by atoms with E-state index in [0.717, 1.165) is 35.0 Å². The molecule has 0 unspecified atom stereocenters. The molecule has 2 aromatic heterocycles. The molecule has 0 spiro atoms. The highest BCUT2D eigenvalue weighted by Crippen LogP contribution is 2.53. The number of anilines is 1. The zero-order chi connectivity index (χ0) is 29.6. The Morgan fingerprint density at radius 1 is 0.857 bits per heavy atom. The molecule has 7 rings (SSSR count). The smallest absolute Gasteiger partial charge is 0.137 e. The molecular weight excluding hydrogens is 533 g/mol. The lowest BCUT2D eigenvalue weighted by molar-refractivity contribution is 0.481. The number of fused-ring (bicyclic) bond motifs is 6. The fourth-order valence-electron chi connectivity index (χ4n) is 6.71. The summed E-state index contributed by atoms with van der Waals surface area (Å²) in [4.78, 5) is 9.60. The van der Waals surface area contributed by atoms with Crippen molar-refractivity contribution in [3.63, 3.8) is 0 Å². The highest BCUT2D eigenvalue weighted by Gasteiger charge is 2.52. The van der Waals surface area contributed by atoms with Crippen molar-refractivity contribution in [1.82, 2.24) is 14.5 Å². The molecule has 2 aliphatic rings. The minimum Gasteiger partial charge on any atom is -0.457 e. The summed E-state index contributed by atoms with van der Waals surface area (Å²) in [7, 11) is 0.373. The summed E-state index contributed by atoms with van der Waals surface area (Å²) >= 11 is 0. The van der Waals surface area contributed by atoms with Crippen molar-refractivity contribution in [3.05, 3.63) is 96.5 Å². The Bertz CT molecular complexity index is 1910. The monoisotopic (exact) mass is 572 g/mol. The average molecular weight is 573 g/mol. The van der Waals surface area contributed by atoms with Crippen LogP contribution in [-0.4, -0.2) is 36.2 Å². The molecule has 214 valence electrons. The van der Waals surface area contributed by atoms with E-state index in [1.807, 2.05) is 6.20 Å². The first-order chi connectivity index (χ1) is 19.9. The van der Waals surface area contributed by atoms with Gasteiger partial charge in [-0.15, -0.1) is 0 Å². The lowest BCUT2D eigenvalue weighted by Gasteiger charge is -2.50. The first-order valence-corrected chi connectivity index (χ1v) is 17.9. The molecule has 0 fully saturated rings. The largest absolute Gasteiger partial charge is 0.457 e. The lowest BCUT2D eigenvalue weighted by atomic mass is 9.88. The number of ether oxygens (including phenoxy) is 1. The van der Waals surface area contributed by atoms with Gasteiger partial charge >= 0.3 is 0 Å². The number of pyridine rings is 1. The van der Waals surface area contributed by atoms with Gasteiger partial charge in [-0.2, -0.15) is 0 Å². The van der Waals surface area contributed by atoms with Crippen LogP contribution in [0.5, 0.6) is 11.5 Å². The Balaban J connectivity index is 1.33. The van der Waals surface area contributed by atoms with E-state index in [1.165, 1.54) is 32.9 Å². The van der Waals surface area contributed by atoms with Crippen molar-refractivity contribution in [2.24, 2.45) is 0 Å². The van der Waals surface area contributed by atoms with Gasteiger partial charge in [0.25, 0.3) is 0 Å². The molecule has 5 aromatic rings. The Hall–Kier alpha value is -4.03. The number of hydrogen-bond donors (Lipinski definition) is 0. The van der Waals surface area contributed by atoms with Crippen LogP contribution in [0.4, 0.5) is 5.69 Å². The van der Waals surface area contributed by atoms with Crippen LogP contribution in [0, 0.1) is 0 Å². The number of allylic oxidation sites excluding steroid dienone is 1. The third kappa shape index (κ3) is 3.92. The highest BCUT2D eigenvalue weighted by atomic mass is 28.3. The van der Waals surface area contributed by atoms with Crippen LogP contribution in [0.1, 0.15) is 40.2 Å². The second kappa shape index (κ2) is 8.98. The van der Waals surface area contributed by atoms with E-state index < -0.39 is 8.07 Å². The van der Waals surface area contributed by atoms with Gasteiger partial charge in [0.05, 0.1) is 25.8 Å². The van der Waals surface area contributed by atoms with Gasteiger partial charge in [0.2, 0.25) is 0 Å². The molecule has 5 nitrogen and oxygen atoms in total. The van der Waals surface area contributed by atoms with E-state index in [4.69, 9.17) is 9.72 Å². The van der Waals surface area contributed by atoms with Crippen LogP contribution in [0.2, 0.25) is 18.1 Å². The molecular formula is C36H40N4OSi. The minimum atomic E-state index is -1.79. The molecule has 0 aliphatic carbocycles. The van der Waals surface area contributed by atoms with E-state index in [0.29, 0.717) is 0 Å². The molecule has 4 heterocycles. The minimum absolute atomic E-state index is 0.0308. The normalized spacial score (nSPS) is 17.4. The van der Waals surface area contributed by atoms with Crippen molar-refractivity contribution in [1.29, 1.82) is 0 Å². The maximum atomic E-state index is 6.63. The summed E-state index contributed by atoms with van der Waals surface area (Å²) in [6.45, 7) is 17.4. The van der Waals surface area contributed by atoms with Gasteiger partial charge in [-0.25, -0.2) is 4.98 Å². The fraction of sp³-hybridized carbons (Fsp3) is 0.306. The van der Waals surface area contributed by atoms with E-state index in [-0.39, 0.29) is 10.5 Å². The van der Waals surface area contributed by atoms with Gasteiger partial charge < -0.3 is 14.5 Å². The highest BCUT2D eigenvalue weighted by molar-refractivity contribution is 6.94. The van der Waals surface area contributed by atoms with Gasteiger partial charge in [0.1, 0.15) is 17.3 Å². The van der Waals surface area contributed by atoms with E-state index in [9.17, 15) is 0 Å². The molecule has 42 heavy (non-hydrogen) atoms. The molecule has 0 saturated carbocycles. The predicted molar refractivity (Wildman–Crippen MR) is 178 cm³/mol. The predicted octanol–water partition coefficient (Wildman–Crippen LogP) is 8.53. The van der Waals surface area contributed by atoms with Crippen molar-refractivity contribution in [2.45, 2.75) is 58.2 Å². The number of aromatic nitrogens is 2. The molecule has 0 amide bonds. The number of rotatable bonds is 3. The first-order valence-electron chi connectivity index (χ1n) is 14.9. The average Bonchev–Trinajstić information content (AvgIpc) is 3.50. The van der Waals surface area contributed by atoms with Crippen LogP contribution in [0.15, 0.2) is 90.9 Å². The van der Waals surface area contributed by atoms with Crippen molar-refractivity contribution in [2.75, 3.05) is 18.6 Å². The summed E-state index contributed by atoms with van der Waals surface area (Å²) in [5.74, 6) is 2.61. The van der Waals surface area contributed by atoms with Crippen molar-refractivity contribution >= 4 is 40.8 Å². The standard InChI is InChI=1S/C36H40N4OSi/c1-35(2,3)24-17-18-37-34(19-24)40-29-12-10-9-11-27(29)28-15-13-25(20-30(28)40)41-26-14-16-32-31(21-26)39-23-38(6)22-33(39)36(4,5)42(32,7)8/h9-22H,23H2,1-8H3. The molecule has 0 saturated heterocycles. The van der Waals surface area contributed by atoms with Crippen LogP contribution < -0.4 is 14.8 Å². The van der Waals surface area contributed by atoms with Crippen LogP contribution >= 0.6 is 0 Å². The maximum Gasteiger partial charge on any atom is 0.137 e. The summed E-state index contributed by atoms with van der Waals surface area (Å²) in [5, 5.41) is 4.04. The van der Waals surface area contributed by atoms with Gasteiger partial charge in [-0.1, -0.05) is 72.0 Å². The SMILES string of the molecule is CN1C=C2N(C1)c1cc(Oc3ccc4c5ccccc5n(-c5cc(C(C)(C)C)ccn5)c4c3)ccc1[Si](C)(C)C2(C)C. The Kier molecular flexibility index (Phi) is 5.74. The quantitative estimate of drug-likeness (QED) is 0.203. The summed E-state index contributed by atoms with van der Waals surface area (Å²) in [6, 6.07) is 26.1. The van der Waals surface area contributed by atoms with Gasteiger partial charge in [0.15, 0.2) is 0 Å². The second-order valence-electron chi connectivity index (χ2n) is 14.1. The van der Waals surface area contributed by atoms with Crippen LogP contribution in [0.3, 0.4) is 0 Å². The number of para-hydroxylation sites is 1. The van der Waals surface area contributed by atoms with Gasteiger partial charge in [-0.05, 0) is 52.6 Å². The van der Waals surface area contributed by atoms with Crippen molar-refractivity contribution in [3.8, 4) is 17.3 Å². The number of nitrogens with zero attached hydrogens (tertiary/aromatic N) is 4. The molecule has 3 aromatic carbocycles. The van der Waals surface area contributed by atoms with Crippen LogP contribution in [0.25, 0.3) is 27.6 Å². The summed E-state index contributed by atoms with van der Waals surface area (Å²) in [5.41, 5.74) is 6.23. The van der Waals surface area contributed by atoms with Gasteiger partial charge in [0, 0.05) is 58.8 Å². The molecule has 0 bridgehead atoms. The zero-order valence-electron chi connectivity index (χ0n) is 26.0. The van der Waals surface area contributed by atoms with Crippen molar-refractivity contribution < 1.29 is 4.74 Å². The maximum absolute atomic E-state index is 6.63. The molecule has 0 N–H and O–H groups in total. The Labute approximate surface area is 250 Å². The zero-order valence-corrected chi connectivity index (χ0v) is 27.0. The molecule has 6 heteroatoms. The molecule has 0 radical (unpaired) electrons. The molecule has 0 atom stereocenters. The lowest BCUT2D eigenvalue weighted by Crippen LogP contribution is -2.58. The Morgan fingerprint density at radius 3 is 2.36 bits per heavy atom. The van der Waals surface area contributed by atoms with Gasteiger partial charge in [-0.3, -0.25) is 4.57 Å². The number of hydrogen-bond acceptors (Lipinski definition) is 4. The molecule has 2 aliphatic heterocycles. The second-order valence-corrected chi connectivity index (χ2v) is 19.1. The van der Waals surface area contributed by atoms with E-state index in [1.54, 1.807) is 0 Å². The third-order valence-corrected chi connectivity index (χ3v) is 15.0. The fourth-order valence-corrected chi connectivity index (χ4v) is 9.57. The van der Waals surface area contributed by atoms with E-state index in [2.05, 4.69) is 148 Å². The number of benzene rings is 3.